The summed E-state index contributed by atoms with van der Waals surface area (Å²) in [4.78, 5) is 29.5. The maximum absolute atomic E-state index is 12.9. The van der Waals surface area contributed by atoms with Crippen LogP contribution in [0.5, 0.6) is 0 Å². The molecule has 0 bridgehead atoms. The Morgan fingerprint density at radius 2 is 2.00 bits per heavy atom. The van der Waals surface area contributed by atoms with E-state index in [1.807, 2.05) is 15.8 Å². The van der Waals surface area contributed by atoms with Crippen molar-refractivity contribution in [2.75, 3.05) is 26.2 Å². The van der Waals surface area contributed by atoms with Crippen molar-refractivity contribution in [3.8, 4) is 0 Å². The van der Waals surface area contributed by atoms with E-state index >= 15 is 0 Å². The van der Waals surface area contributed by atoms with E-state index in [1.54, 1.807) is 31.2 Å². The molecule has 1 aliphatic rings. The maximum atomic E-state index is 12.9. The zero-order valence-electron chi connectivity index (χ0n) is 17.0. The van der Waals surface area contributed by atoms with Crippen LogP contribution in [-0.2, 0) is 17.9 Å². The van der Waals surface area contributed by atoms with Crippen molar-refractivity contribution in [1.82, 2.24) is 24.9 Å². The molecule has 29 heavy (non-hydrogen) atoms. The Balaban J connectivity index is 1.53. The number of benzene rings is 1. The van der Waals surface area contributed by atoms with Gasteiger partial charge in [0.05, 0.1) is 16.8 Å². The second-order valence-corrected chi connectivity index (χ2v) is 7.74. The fraction of sp³-hybridized carbons (Fsp3) is 0.476. The number of amides is 2. The van der Waals surface area contributed by atoms with Crippen LogP contribution in [0.15, 0.2) is 36.7 Å². The molecule has 0 spiro atoms. The van der Waals surface area contributed by atoms with Crippen molar-refractivity contribution < 1.29 is 9.59 Å². The van der Waals surface area contributed by atoms with Crippen LogP contribution < -0.4 is 5.32 Å². The summed E-state index contributed by atoms with van der Waals surface area (Å²) in [7, 11) is 0. The van der Waals surface area contributed by atoms with Crippen LogP contribution in [0.2, 0.25) is 5.02 Å². The normalized spacial score (nSPS) is 16.3. The van der Waals surface area contributed by atoms with Crippen LogP contribution in [0, 0.1) is 0 Å². The highest BCUT2D eigenvalue weighted by atomic mass is 35.5. The van der Waals surface area contributed by atoms with E-state index < -0.39 is 6.04 Å². The first-order valence-corrected chi connectivity index (χ1v) is 10.4. The first-order valence-electron chi connectivity index (χ1n) is 10.1. The van der Waals surface area contributed by atoms with Crippen molar-refractivity contribution in [2.45, 2.75) is 39.4 Å². The van der Waals surface area contributed by atoms with Gasteiger partial charge in [-0.15, -0.1) is 0 Å². The monoisotopic (exact) mass is 417 g/mol. The Kier molecular flexibility index (Phi) is 7.28. The van der Waals surface area contributed by atoms with E-state index in [2.05, 4.69) is 28.4 Å². The molecule has 0 saturated carbocycles. The molecule has 2 amide bonds. The number of hydrogen-bond acceptors (Lipinski definition) is 4. The highest BCUT2D eigenvalue weighted by Gasteiger charge is 2.25. The molecule has 1 fully saturated rings. The average Bonchev–Trinajstić information content (AvgIpc) is 3.04. The summed E-state index contributed by atoms with van der Waals surface area (Å²) in [6.07, 6.45) is 4.88. The van der Waals surface area contributed by atoms with Gasteiger partial charge in [0.1, 0.15) is 6.04 Å². The van der Waals surface area contributed by atoms with E-state index in [0.717, 1.165) is 32.6 Å². The van der Waals surface area contributed by atoms with Crippen molar-refractivity contribution >= 4 is 23.4 Å². The van der Waals surface area contributed by atoms with Gasteiger partial charge in [0.25, 0.3) is 5.91 Å². The predicted octanol–water partition coefficient (Wildman–Crippen LogP) is 2.41. The standard InChI is InChI=1S/C21H28ClN5O2/c1-3-27-15-17(13-23-27)14-25-9-6-10-26(12-11-25)21(29)16(2)24-20(28)18-7-4-5-8-19(18)22/h4-5,7-8,13,15-16H,3,6,9-12,14H2,1-2H3,(H,24,28). The third kappa shape index (κ3) is 5.58. The van der Waals surface area contributed by atoms with Gasteiger partial charge in [-0.3, -0.25) is 19.2 Å². The van der Waals surface area contributed by atoms with Gasteiger partial charge < -0.3 is 10.2 Å². The van der Waals surface area contributed by atoms with Gasteiger partial charge in [0, 0.05) is 51.0 Å². The van der Waals surface area contributed by atoms with Gasteiger partial charge in [-0.1, -0.05) is 23.7 Å². The maximum Gasteiger partial charge on any atom is 0.253 e. The Bertz CT molecular complexity index is 853. The molecule has 0 aliphatic carbocycles. The molecule has 7 nitrogen and oxygen atoms in total. The number of rotatable bonds is 6. The molecule has 1 unspecified atom stereocenters. The first-order chi connectivity index (χ1) is 14.0. The summed E-state index contributed by atoms with van der Waals surface area (Å²) in [5.41, 5.74) is 1.57. The molecule has 1 aliphatic heterocycles. The van der Waals surface area contributed by atoms with Crippen LogP contribution in [0.3, 0.4) is 0 Å². The number of carbonyl (C=O) groups is 2. The molecule has 156 valence electrons. The number of nitrogens with zero attached hydrogens (tertiary/aromatic N) is 4. The summed E-state index contributed by atoms with van der Waals surface area (Å²) in [6, 6.07) is 6.23. The van der Waals surface area contributed by atoms with Gasteiger partial charge in [-0.05, 0) is 32.4 Å². The second-order valence-electron chi connectivity index (χ2n) is 7.33. The zero-order valence-corrected chi connectivity index (χ0v) is 17.7. The van der Waals surface area contributed by atoms with E-state index in [4.69, 9.17) is 11.6 Å². The summed E-state index contributed by atoms with van der Waals surface area (Å²) in [6.45, 7) is 8.55. The third-order valence-electron chi connectivity index (χ3n) is 5.15. The van der Waals surface area contributed by atoms with E-state index in [9.17, 15) is 9.59 Å². The smallest absolute Gasteiger partial charge is 0.253 e. The lowest BCUT2D eigenvalue weighted by atomic mass is 10.2. The number of aromatic nitrogens is 2. The molecule has 1 N–H and O–H groups in total. The van der Waals surface area contributed by atoms with E-state index in [-0.39, 0.29) is 11.8 Å². The van der Waals surface area contributed by atoms with E-state index in [1.165, 1.54) is 5.56 Å². The molecule has 3 rings (SSSR count). The number of hydrogen-bond donors (Lipinski definition) is 1. The average molecular weight is 418 g/mol. The molecule has 1 atom stereocenters. The van der Waals surface area contributed by atoms with Crippen molar-refractivity contribution in [3.63, 3.8) is 0 Å². The molecule has 1 saturated heterocycles. The number of aryl methyl sites for hydroxylation is 1. The largest absolute Gasteiger partial charge is 0.340 e. The molecule has 1 aromatic carbocycles. The van der Waals surface area contributed by atoms with Gasteiger partial charge in [0.15, 0.2) is 0 Å². The predicted molar refractivity (Wildman–Crippen MR) is 113 cm³/mol. The van der Waals surface area contributed by atoms with Crippen molar-refractivity contribution in [2.24, 2.45) is 0 Å². The second kappa shape index (κ2) is 9.89. The molecule has 2 aromatic rings. The van der Waals surface area contributed by atoms with Crippen LogP contribution in [0.25, 0.3) is 0 Å². The molecule has 0 radical (unpaired) electrons. The van der Waals surface area contributed by atoms with Gasteiger partial charge in [0.2, 0.25) is 5.91 Å². The van der Waals surface area contributed by atoms with E-state index in [0.29, 0.717) is 23.7 Å². The lowest BCUT2D eigenvalue weighted by molar-refractivity contribution is -0.132. The van der Waals surface area contributed by atoms with Crippen molar-refractivity contribution in [1.29, 1.82) is 0 Å². The van der Waals surface area contributed by atoms with Crippen LogP contribution in [0.1, 0.15) is 36.2 Å². The van der Waals surface area contributed by atoms with Crippen LogP contribution in [0.4, 0.5) is 0 Å². The summed E-state index contributed by atoms with van der Waals surface area (Å²) in [5, 5.41) is 7.48. The molecular weight excluding hydrogens is 390 g/mol. The Hall–Kier alpha value is -2.38. The summed E-state index contributed by atoms with van der Waals surface area (Å²) >= 11 is 6.08. The first kappa shape index (κ1) is 21.3. The molecule has 2 heterocycles. The Morgan fingerprint density at radius 3 is 2.72 bits per heavy atom. The summed E-state index contributed by atoms with van der Waals surface area (Å²) in [5.74, 6) is -0.396. The topological polar surface area (TPSA) is 70.5 Å². The lowest BCUT2D eigenvalue weighted by Gasteiger charge is -2.25. The van der Waals surface area contributed by atoms with Crippen molar-refractivity contribution in [3.05, 3.63) is 52.8 Å². The zero-order chi connectivity index (χ0) is 20.8. The molecular formula is C21H28ClN5O2. The lowest BCUT2D eigenvalue weighted by Crippen LogP contribution is -2.48. The summed E-state index contributed by atoms with van der Waals surface area (Å²) < 4.78 is 1.92. The SMILES string of the molecule is CCn1cc(CN2CCCN(C(=O)C(C)NC(=O)c3ccccc3Cl)CC2)cn1. The number of halogens is 1. The van der Waals surface area contributed by atoms with Gasteiger partial charge in [-0.25, -0.2) is 0 Å². The molecule has 8 heteroatoms. The van der Waals surface area contributed by atoms with Crippen LogP contribution >= 0.6 is 11.6 Å². The Morgan fingerprint density at radius 1 is 1.21 bits per heavy atom. The highest BCUT2D eigenvalue weighted by molar-refractivity contribution is 6.33. The highest BCUT2D eigenvalue weighted by Crippen LogP contribution is 2.15. The minimum atomic E-state index is -0.604. The molecule has 1 aromatic heterocycles. The quantitative estimate of drug-likeness (QED) is 0.783. The minimum absolute atomic E-state index is 0.0638. The fourth-order valence-corrected chi connectivity index (χ4v) is 3.75. The third-order valence-corrected chi connectivity index (χ3v) is 5.48. The van der Waals surface area contributed by atoms with Gasteiger partial charge >= 0.3 is 0 Å². The fourth-order valence-electron chi connectivity index (χ4n) is 3.52. The van der Waals surface area contributed by atoms with Crippen LogP contribution in [-0.4, -0.2) is 63.6 Å². The minimum Gasteiger partial charge on any atom is -0.340 e. The Labute approximate surface area is 176 Å². The van der Waals surface area contributed by atoms with Gasteiger partial charge in [-0.2, -0.15) is 5.10 Å². The number of nitrogens with one attached hydrogen (secondary N) is 1. The number of carbonyl (C=O) groups excluding carboxylic acids is 2.